The normalized spacial score (nSPS) is 24.3. The summed E-state index contributed by atoms with van der Waals surface area (Å²) in [6.07, 6.45) is 2.72. The third-order valence-electron chi connectivity index (χ3n) is 4.05. The molecule has 1 aromatic heterocycles. The highest BCUT2D eigenvalue weighted by molar-refractivity contribution is 7.89. The number of rotatable bonds is 2. The first-order chi connectivity index (χ1) is 9.98. The topological polar surface area (TPSA) is 50.3 Å². The summed E-state index contributed by atoms with van der Waals surface area (Å²) in [5, 5.41) is 0.858. The van der Waals surface area contributed by atoms with Gasteiger partial charge in [0.25, 0.3) is 0 Å². The van der Waals surface area contributed by atoms with Crippen LogP contribution in [0.15, 0.2) is 41.4 Å². The molecule has 1 fully saturated rings. The Bertz CT molecular complexity index is 742. The maximum atomic E-state index is 13.0. The van der Waals surface area contributed by atoms with E-state index in [9.17, 15) is 8.42 Å². The smallest absolute Gasteiger partial charge is 0.245 e. The number of benzene rings is 1. The Morgan fingerprint density at radius 3 is 2.48 bits per heavy atom. The Hall–Kier alpha value is -1.46. The van der Waals surface area contributed by atoms with E-state index >= 15 is 0 Å². The van der Waals surface area contributed by atoms with Gasteiger partial charge in [0, 0.05) is 24.7 Å². The summed E-state index contributed by atoms with van der Waals surface area (Å²) in [6.45, 7) is 5.41. The predicted octanol–water partition coefficient (Wildman–Crippen LogP) is 2.90. The minimum absolute atomic E-state index is 0.321. The molecule has 0 amide bonds. The molecule has 21 heavy (non-hydrogen) atoms. The van der Waals surface area contributed by atoms with Crippen LogP contribution in [0.4, 0.5) is 0 Å². The van der Waals surface area contributed by atoms with Crippen LogP contribution in [0.3, 0.4) is 0 Å². The van der Waals surface area contributed by atoms with Crippen molar-refractivity contribution in [3.63, 3.8) is 0 Å². The second-order valence-corrected chi connectivity index (χ2v) is 8.01. The van der Waals surface area contributed by atoms with Crippen molar-refractivity contribution in [1.82, 2.24) is 9.29 Å². The lowest BCUT2D eigenvalue weighted by atomic mass is 9.94. The van der Waals surface area contributed by atoms with Crippen LogP contribution in [0.2, 0.25) is 0 Å². The van der Waals surface area contributed by atoms with Crippen molar-refractivity contribution < 1.29 is 8.42 Å². The van der Waals surface area contributed by atoms with Crippen LogP contribution in [0.1, 0.15) is 20.3 Å². The number of sulfonamides is 1. The Labute approximate surface area is 125 Å². The first kappa shape index (κ1) is 14.5. The summed E-state index contributed by atoms with van der Waals surface area (Å²) in [6, 6.07) is 9.05. The predicted molar refractivity (Wildman–Crippen MR) is 83.4 cm³/mol. The van der Waals surface area contributed by atoms with Crippen molar-refractivity contribution in [2.24, 2.45) is 11.8 Å². The molecule has 3 rings (SSSR count). The molecule has 112 valence electrons. The van der Waals surface area contributed by atoms with Gasteiger partial charge in [0.2, 0.25) is 10.0 Å². The van der Waals surface area contributed by atoms with E-state index in [1.807, 2.05) is 18.2 Å². The molecule has 1 saturated heterocycles. The van der Waals surface area contributed by atoms with Gasteiger partial charge < -0.3 is 0 Å². The van der Waals surface area contributed by atoms with Crippen molar-refractivity contribution in [2.75, 3.05) is 13.1 Å². The lowest BCUT2D eigenvalue weighted by molar-refractivity contribution is 0.222. The Morgan fingerprint density at radius 1 is 1.10 bits per heavy atom. The number of aromatic nitrogens is 1. The lowest BCUT2D eigenvalue weighted by Crippen LogP contribution is -2.42. The maximum Gasteiger partial charge on any atom is 0.245 e. The third-order valence-corrected chi connectivity index (χ3v) is 5.91. The molecule has 2 aromatic rings. The second-order valence-electron chi connectivity index (χ2n) is 6.10. The SMILES string of the molecule is C[C@@H]1C[C@@H](C)CN(S(=O)(=O)c2cccc3cccnc23)C1. The van der Waals surface area contributed by atoms with Crippen LogP contribution in [0.5, 0.6) is 0 Å². The summed E-state index contributed by atoms with van der Waals surface area (Å²) < 4.78 is 27.6. The Morgan fingerprint density at radius 2 is 1.76 bits per heavy atom. The van der Waals surface area contributed by atoms with Crippen LogP contribution in [0, 0.1) is 11.8 Å². The summed E-state index contributed by atoms with van der Waals surface area (Å²) in [5.41, 5.74) is 0.561. The zero-order chi connectivity index (χ0) is 15.0. The van der Waals surface area contributed by atoms with Gasteiger partial charge in [0.1, 0.15) is 4.90 Å². The van der Waals surface area contributed by atoms with Gasteiger partial charge in [0.05, 0.1) is 5.52 Å². The van der Waals surface area contributed by atoms with Gasteiger partial charge in [-0.3, -0.25) is 4.98 Å². The number of nitrogens with zero attached hydrogens (tertiary/aromatic N) is 2. The summed E-state index contributed by atoms with van der Waals surface area (Å²) in [4.78, 5) is 4.60. The van der Waals surface area contributed by atoms with E-state index in [4.69, 9.17) is 0 Å². The molecule has 0 unspecified atom stereocenters. The average Bonchev–Trinajstić information content (AvgIpc) is 2.45. The highest BCUT2D eigenvalue weighted by Gasteiger charge is 2.32. The molecule has 1 aliphatic rings. The molecule has 0 N–H and O–H groups in total. The van der Waals surface area contributed by atoms with Crippen LogP contribution in [0.25, 0.3) is 10.9 Å². The molecule has 0 spiro atoms. The third kappa shape index (κ3) is 2.68. The van der Waals surface area contributed by atoms with Gasteiger partial charge in [-0.15, -0.1) is 0 Å². The van der Waals surface area contributed by atoms with Crippen LogP contribution in [-0.2, 0) is 10.0 Å². The average molecular weight is 304 g/mol. The van der Waals surface area contributed by atoms with Crippen molar-refractivity contribution in [2.45, 2.75) is 25.2 Å². The van der Waals surface area contributed by atoms with E-state index in [0.29, 0.717) is 35.3 Å². The van der Waals surface area contributed by atoms with Gasteiger partial charge >= 0.3 is 0 Å². The van der Waals surface area contributed by atoms with E-state index in [0.717, 1.165) is 11.8 Å². The molecule has 1 aromatic carbocycles. The highest BCUT2D eigenvalue weighted by Crippen LogP contribution is 2.29. The van der Waals surface area contributed by atoms with E-state index in [2.05, 4.69) is 18.8 Å². The number of hydrogen-bond donors (Lipinski definition) is 0. The van der Waals surface area contributed by atoms with Crippen molar-refractivity contribution in [3.8, 4) is 0 Å². The molecule has 2 heterocycles. The minimum Gasteiger partial charge on any atom is -0.255 e. The second kappa shape index (κ2) is 5.39. The first-order valence-electron chi connectivity index (χ1n) is 7.32. The van der Waals surface area contributed by atoms with E-state index in [-0.39, 0.29) is 0 Å². The fourth-order valence-electron chi connectivity index (χ4n) is 3.23. The molecule has 2 atom stereocenters. The van der Waals surface area contributed by atoms with Gasteiger partial charge in [-0.1, -0.05) is 32.0 Å². The van der Waals surface area contributed by atoms with E-state index in [1.165, 1.54) is 0 Å². The van der Waals surface area contributed by atoms with Crippen molar-refractivity contribution >= 4 is 20.9 Å². The van der Waals surface area contributed by atoms with Crippen molar-refractivity contribution in [1.29, 1.82) is 0 Å². The van der Waals surface area contributed by atoms with Crippen LogP contribution < -0.4 is 0 Å². The van der Waals surface area contributed by atoms with Gasteiger partial charge in [-0.05, 0) is 30.4 Å². The standard InChI is InChI=1S/C16H20N2O2S/c1-12-9-13(2)11-18(10-12)21(19,20)15-7-3-5-14-6-4-8-17-16(14)15/h3-8,12-13H,9-11H2,1-2H3/t12-,13-/m1/s1. The summed E-state index contributed by atoms with van der Waals surface area (Å²) in [5.74, 6) is 0.790. The molecule has 0 saturated carbocycles. The first-order valence-corrected chi connectivity index (χ1v) is 8.76. The molecule has 1 aliphatic heterocycles. The zero-order valence-electron chi connectivity index (χ0n) is 12.4. The van der Waals surface area contributed by atoms with E-state index < -0.39 is 10.0 Å². The van der Waals surface area contributed by atoms with Crippen molar-refractivity contribution in [3.05, 3.63) is 36.5 Å². The maximum absolute atomic E-state index is 13.0. The summed E-state index contributed by atoms with van der Waals surface area (Å²) in [7, 11) is -3.48. The minimum atomic E-state index is -3.48. The Kier molecular flexibility index (Phi) is 3.71. The van der Waals surface area contributed by atoms with E-state index in [1.54, 1.807) is 22.6 Å². The number of para-hydroxylation sites is 1. The number of hydrogen-bond acceptors (Lipinski definition) is 3. The molecule has 0 radical (unpaired) electrons. The molecular formula is C16H20N2O2S. The zero-order valence-corrected chi connectivity index (χ0v) is 13.2. The van der Waals surface area contributed by atoms with Gasteiger partial charge in [-0.2, -0.15) is 4.31 Å². The molecular weight excluding hydrogens is 284 g/mol. The largest absolute Gasteiger partial charge is 0.255 e. The van der Waals surface area contributed by atoms with Gasteiger partial charge in [0.15, 0.2) is 0 Å². The molecule has 4 nitrogen and oxygen atoms in total. The highest BCUT2D eigenvalue weighted by atomic mass is 32.2. The Balaban J connectivity index is 2.08. The van der Waals surface area contributed by atoms with Gasteiger partial charge in [-0.25, -0.2) is 8.42 Å². The monoisotopic (exact) mass is 304 g/mol. The summed E-state index contributed by atoms with van der Waals surface area (Å²) >= 11 is 0. The number of pyridine rings is 1. The number of piperidine rings is 1. The lowest BCUT2D eigenvalue weighted by Gasteiger charge is -2.34. The molecule has 0 aliphatic carbocycles. The molecule has 5 heteroatoms. The van der Waals surface area contributed by atoms with Crippen LogP contribution in [-0.4, -0.2) is 30.8 Å². The fraction of sp³-hybridized carbons (Fsp3) is 0.438. The molecule has 0 bridgehead atoms. The number of fused-ring (bicyclic) bond motifs is 1. The quantitative estimate of drug-likeness (QED) is 0.857. The van der Waals surface area contributed by atoms with Crippen LogP contribution >= 0.6 is 0 Å². The fourth-order valence-corrected chi connectivity index (χ4v) is 5.07.